The third-order valence-corrected chi connectivity index (χ3v) is 3.36. The van der Waals surface area contributed by atoms with Gasteiger partial charge in [0.2, 0.25) is 5.91 Å². The lowest BCUT2D eigenvalue weighted by Crippen LogP contribution is -2.27. The summed E-state index contributed by atoms with van der Waals surface area (Å²) in [5.41, 5.74) is 6.62. The molecular weight excluding hydrogens is 292 g/mol. The molecular formula is C18H20N2O3. The van der Waals surface area contributed by atoms with E-state index < -0.39 is 5.91 Å². The molecule has 5 nitrogen and oxygen atoms in total. The van der Waals surface area contributed by atoms with Crippen molar-refractivity contribution in [3.8, 4) is 5.75 Å². The number of ether oxygens (including phenoxy) is 1. The monoisotopic (exact) mass is 312 g/mol. The molecule has 0 radical (unpaired) electrons. The molecule has 0 aromatic heterocycles. The second kappa shape index (κ2) is 7.98. The summed E-state index contributed by atoms with van der Waals surface area (Å²) in [5.74, 6) is 0.00731. The predicted molar refractivity (Wildman–Crippen MR) is 88.1 cm³/mol. The van der Waals surface area contributed by atoms with E-state index in [1.807, 2.05) is 37.3 Å². The van der Waals surface area contributed by atoms with E-state index in [0.29, 0.717) is 11.3 Å². The van der Waals surface area contributed by atoms with E-state index in [0.717, 1.165) is 5.56 Å². The highest BCUT2D eigenvalue weighted by Gasteiger charge is 2.09. The van der Waals surface area contributed by atoms with E-state index in [9.17, 15) is 9.59 Å². The fourth-order valence-electron chi connectivity index (χ4n) is 2.08. The summed E-state index contributed by atoms with van der Waals surface area (Å²) >= 11 is 0. The highest BCUT2D eigenvalue weighted by molar-refractivity contribution is 5.94. The van der Waals surface area contributed by atoms with Crippen LogP contribution in [0.15, 0.2) is 54.6 Å². The Labute approximate surface area is 135 Å². The lowest BCUT2D eigenvalue weighted by Gasteiger charge is -2.15. The van der Waals surface area contributed by atoms with Gasteiger partial charge in [-0.1, -0.05) is 30.3 Å². The summed E-state index contributed by atoms with van der Waals surface area (Å²) in [5, 5.41) is 2.64. The van der Waals surface area contributed by atoms with Crippen molar-refractivity contribution in [3.05, 3.63) is 65.7 Å². The van der Waals surface area contributed by atoms with Crippen LogP contribution in [-0.4, -0.2) is 18.4 Å². The van der Waals surface area contributed by atoms with Crippen LogP contribution in [0.1, 0.15) is 35.4 Å². The number of benzene rings is 2. The van der Waals surface area contributed by atoms with Crippen LogP contribution in [0.5, 0.6) is 5.75 Å². The highest BCUT2D eigenvalue weighted by atomic mass is 16.5. The molecule has 2 amide bonds. The molecule has 0 saturated carbocycles. The van der Waals surface area contributed by atoms with Crippen LogP contribution < -0.4 is 15.8 Å². The summed E-state index contributed by atoms with van der Waals surface area (Å²) in [7, 11) is 0. The van der Waals surface area contributed by atoms with Gasteiger partial charge in [0.05, 0.1) is 0 Å². The van der Waals surface area contributed by atoms with E-state index in [-0.39, 0.29) is 25.0 Å². The Balaban J connectivity index is 1.91. The van der Waals surface area contributed by atoms with E-state index in [1.165, 1.54) is 0 Å². The highest BCUT2D eigenvalue weighted by Crippen LogP contribution is 2.21. The van der Waals surface area contributed by atoms with Gasteiger partial charge in [-0.05, 0) is 36.8 Å². The molecule has 2 aromatic carbocycles. The third-order valence-electron chi connectivity index (χ3n) is 3.36. The van der Waals surface area contributed by atoms with Gasteiger partial charge in [0.1, 0.15) is 11.9 Å². The molecule has 0 aliphatic carbocycles. The Morgan fingerprint density at radius 3 is 2.35 bits per heavy atom. The van der Waals surface area contributed by atoms with Crippen molar-refractivity contribution in [1.29, 1.82) is 0 Å². The number of nitrogens with one attached hydrogen (secondary N) is 1. The van der Waals surface area contributed by atoms with Gasteiger partial charge in [-0.15, -0.1) is 0 Å². The molecule has 3 N–H and O–H groups in total. The van der Waals surface area contributed by atoms with Crippen molar-refractivity contribution in [1.82, 2.24) is 5.32 Å². The summed E-state index contributed by atoms with van der Waals surface area (Å²) in [6.45, 7) is 2.21. The molecule has 0 fully saturated rings. The van der Waals surface area contributed by atoms with Gasteiger partial charge in [-0.3, -0.25) is 9.59 Å². The maximum atomic E-state index is 11.9. The van der Waals surface area contributed by atoms with Gasteiger partial charge in [-0.2, -0.15) is 0 Å². The lowest BCUT2D eigenvalue weighted by atomic mass is 10.1. The van der Waals surface area contributed by atoms with Crippen LogP contribution in [-0.2, 0) is 4.79 Å². The van der Waals surface area contributed by atoms with Crippen molar-refractivity contribution in [3.63, 3.8) is 0 Å². The topological polar surface area (TPSA) is 81.4 Å². The smallest absolute Gasteiger partial charge is 0.251 e. The number of amides is 2. The largest absolute Gasteiger partial charge is 0.486 e. The summed E-state index contributed by atoms with van der Waals surface area (Å²) in [6, 6.07) is 16.8. The number of hydrogen-bond acceptors (Lipinski definition) is 3. The summed E-state index contributed by atoms with van der Waals surface area (Å²) in [4.78, 5) is 22.5. The maximum Gasteiger partial charge on any atom is 0.251 e. The molecule has 0 bridgehead atoms. The third kappa shape index (κ3) is 5.14. The van der Waals surface area contributed by atoms with Gasteiger partial charge in [0.15, 0.2) is 0 Å². The number of carbonyl (C=O) groups is 2. The average molecular weight is 312 g/mol. The number of rotatable bonds is 7. The Morgan fingerprint density at radius 1 is 1.09 bits per heavy atom. The van der Waals surface area contributed by atoms with Crippen LogP contribution in [0.3, 0.4) is 0 Å². The van der Waals surface area contributed by atoms with Gasteiger partial charge in [0, 0.05) is 18.5 Å². The Hall–Kier alpha value is -2.82. The first kappa shape index (κ1) is 16.5. The maximum absolute atomic E-state index is 11.9. The zero-order chi connectivity index (χ0) is 16.7. The first-order valence-corrected chi connectivity index (χ1v) is 7.44. The number of hydrogen-bond donors (Lipinski definition) is 2. The second-order valence-electron chi connectivity index (χ2n) is 5.17. The molecule has 2 rings (SSSR count). The minimum Gasteiger partial charge on any atom is -0.486 e. The van der Waals surface area contributed by atoms with Gasteiger partial charge in [-0.25, -0.2) is 0 Å². The Kier molecular flexibility index (Phi) is 5.74. The zero-order valence-electron chi connectivity index (χ0n) is 13.0. The Morgan fingerprint density at radius 2 is 1.74 bits per heavy atom. The molecule has 1 unspecified atom stereocenters. The molecule has 120 valence electrons. The van der Waals surface area contributed by atoms with Crippen LogP contribution in [0, 0.1) is 0 Å². The van der Waals surface area contributed by atoms with E-state index in [4.69, 9.17) is 10.5 Å². The minimum atomic E-state index is -0.441. The molecule has 1 atom stereocenters. The van der Waals surface area contributed by atoms with Crippen molar-refractivity contribution in [2.45, 2.75) is 19.4 Å². The van der Waals surface area contributed by atoms with Crippen molar-refractivity contribution in [2.75, 3.05) is 6.54 Å². The SMILES string of the molecule is CC(Oc1ccc(C(=O)NCCC(N)=O)cc1)c1ccccc1. The predicted octanol–water partition coefficient (Wildman–Crippen LogP) is 2.43. The lowest BCUT2D eigenvalue weighted by molar-refractivity contribution is -0.117. The van der Waals surface area contributed by atoms with Crippen molar-refractivity contribution in [2.24, 2.45) is 5.73 Å². The van der Waals surface area contributed by atoms with Crippen LogP contribution in [0.4, 0.5) is 0 Å². The van der Waals surface area contributed by atoms with Crippen LogP contribution >= 0.6 is 0 Å². The first-order valence-electron chi connectivity index (χ1n) is 7.44. The normalized spacial score (nSPS) is 11.5. The second-order valence-corrected chi connectivity index (χ2v) is 5.17. The molecule has 5 heteroatoms. The zero-order valence-corrected chi connectivity index (χ0v) is 13.0. The van der Waals surface area contributed by atoms with Crippen LogP contribution in [0.2, 0.25) is 0 Å². The van der Waals surface area contributed by atoms with Crippen molar-refractivity contribution >= 4 is 11.8 Å². The molecule has 23 heavy (non-hydrogen) atoms. The van der Waals surface area contributed by atoms with Gasteiger partial charge in [0.25, 0.3) is 5.91 Å². The van der Waals surface area contributed by atoms with Crippen molar-refractivity contribution < 1.29 is 14.3 Å². The average Bonchev–Trinajstić information content (AvgIpc) is 2.56. The molecule has 2 aromatic rings. The molecule has 0 aliphatic rings. The number of primary amides is 1. The standard InChI is InChI=1S/C18H20N2O3/c1-13(14-5-3-2-4-6-14)23-16-9-7-15(8-10-16)18(22)20-12-11-17(19)21/h2-10,13H,11-12H2,1H3,(H2,19,21)(H,20,22). The molecule has 0 spiro atoms. The number of carbonyl (C=O) groups excluding carboxylic acids is 2. The van der Waals surface area contributed by atoms with E-state index >= 15 is 0 Å². The molecule has 0 aliphatic heterocycles. The number of nitrogens with two attached hydrogens (primary N) is 1. The molecule has 0 saturated heterocycles. The van der Waals surface area contributed by atoms with E-state index in [1.54, 1.807) is 24.3 Å². The fourth-order valence-corrected chi connectivity index (χ4v) is 2.08. The summed E-state index contributed by atoms with van der Waals surface area (Å²) in [6.07, 6.45) is 0.0491. The fraction of sp³-hybridized carbons (Fsp3) is 0.222. The van der Waals surface area contributed by atoms with Crippen LogP contribution in [0.25, 0.3) is 0 Å². The first-order chi connectivity index (χ1) is 11.1. The minimum absolute atomic E-state index is 0.0774. The van der Waals surface area contributed by atoms with Gasteiger partial charge < -0.3 is 15.8 Å². The summed E-state index contributed by atoms with van der Waals surface area (Å²) < 4.78 is 5.85. The Bertz CT molecular complexity index is 654. The quantitative estimate of drug-likeness (QED) is 0.824. The van der Waals surface area contributed by atoms with Gasteiger partial charge >= 0.3 is 0 Å². The molecule has 0 heterocycles. The van der Waals surface area contributed by atoms with E-state index in [2.05, 4.69) is 5.32 Å².